The van der Waals surface area contributed by atoms with Crippen LogP contribution in [-0.4, -0.2) is 37.1 Å². The van der Waals surface area contributed by atoms with E-state index in [1.807, 2.05) is 6.92 Å². The summed E-state index contributed by atoms with van der Waals surface area (Å²) in [5, 5.41) is 12.3. The highest BCUT2D eigenvalue weighted by Gasteiger charge is 2.30. The zero-order chi connectivity index (χ0) is 11.3. The van der Waals surface area contributed by atoms with E-state index >= 15 is 0 Å². The van der Waals surface area contributed by atoms with Gasteiger partial charge in [-0.2, -0.15) is 5.26 Å². The number of nitrogens with one attached hydrogen (secondary N) is 1. The van der Waals surface area contributed by atoms with Gasteiger partial charge in [0.1, 0.15) is 0 Å². The lowest BCUT2D eigenvalue weighted by Gasteiger charge is -2.31. The van der Waals surface area contributed by atoms with Crippen LogP contribution in [0.15, 0.2) is 0 Å². The van der Waals surface area contributed by atoms with Crippen LogP contribution in [0, 0.1) is 23.2 Å². The standard InChI is InChI=1S/C12H23N3/c1-4-11-7-14-8-12(11)15(5-2)9-10(3)6-13/h10-12,14H,4-5,7-9H2,1-3H3. The predicted molar refractivity (Wildman–Crippen MR) is 62.5 cm³/mol. The Morgan fingerprint density at radius 1 is 1.47 bits per heavy atom. The number of likely N-dealkylation sites (N-methyl/N-ethyl adjacent to an activating group) is 1. The summed E-state index contributed by atoms with van der Waals surface area (Å²) in [6.45, 7) is 10.6. The van der Waals surface area contributed by atoms with Crippen molar-refractivity contribution in [2.24, 2.45) is 11.8 Å². The fourth-order valence-corrected chi connectivity index (χ4v) is 2.45. The van der Waals surface area contributed by atoms with Crippen molar-refractivity contribution in [3.05, 3.63) is 0 Å². The lowest BCUT2D eigenvalue weighted by molar-refractivity contribution is 0.166. The number of hydrogen-bond donors (Lipinski definition) is 1. The maximum atomic E-state index is 8.85. The lowest BCUT2D eigenvalue weighted by Crippen LogP contribution is -2.42. The number of hydrogen-bond acceptors (Lipinski definition) is 3. The van der Waals surface area contributed by atoms with Crippen LogP contribution in [-0.2, 0) is 0 Å². The fourth-order valence-electron chi connectivity index (χ4n) is 2.45. The smallest absolute Gasteiger partial charge is 0.0666 e. The summed E-state index contributed by atoms with van der Waals surface area (Å²) in [5.41, 5.74) is 0. The largest absolute Gasteiger partial charge is 0.315 e. The highest BCUT2D eigenvalue weighted by atomic mass is 15.2. The molecule has 0 spiro atoms. The van der Waals surface area contributed by atoms with E-state index in [9.17, 15) is 0 Å². The van der Waals surface area contributed by atoms with Crippen LogP contribution in [0.4, 0.5) is 0 Å². The van der Waals surface area contributed by atoms with Gasteiger partial charge in [0.25, 0.3) is 0 Å². The molecule has 0 aromatic heterocycles. The van der Waals surface area contributed by atoms with Gasteiger partial charge in [0.05, 0.1) is 12.0 Å². The second-order valence-corrected chi connectivity index (χ2v) is 4.51. The molecule has 0 amide bonds. The van der Waals surface area contributed by atoms with Gasteiger partial charge in [-0.3, -0.25) is 4.90 Å². The third-order valence-corrected chi connectivity index (χ3v) is 3.43. The van der Waals surface area contributed by atoms with Gasteiger partial charge in [0.15, 0.2) is 0 Å². The molecule has 1 aliphatic rings. The van der Waals surface area contributed by atoms with Crippen LogP contribution in [0.3, 0.4) is 0 Å². The van der Waals surface area contributed by atoms with Gasteiger partial charge in [-0.05, 0) is 25.9 Å². The first kappa shape index (κ1) is 12.5. The van der Waals surface area contributed by atoms with Crippen molar-refractivity contribution in [1.82, 2.24) is 10.2 Å². The summed E-state index contributed by atoms with van der Waals surface area (Å²) < 4.78 is 0. The Morgan fingerprint density at radius 2 is 2.20 bits per heavy atom. The Hall–Kier alpha value is -0.590. The topological polar surface area (TPSA) is 39.1 Å². The Balaban J connectivity index is 2.54. The van der Waals surface area contributed by atoms with E-state index in [1.54, 1.807) is 0 Å². The molecule has 0 aliphatic carbocycles. The second kappa shape index (κ2) is 6.09. The third kappa shape index (κ3) is 3.19. The summed E-state index contributed by atoms with van der Waals surface area (Å²) >= 11 is 0. The first-order valence-electron chi connectivity index (χ1n) is 6.07. The molecule has 3 heteroatoms. The summed E-state index contributed by atoms with van der Waals surface area (Å²) in [6.07, 6.45) is 1.23. The number of nitriles is 1. The van der Waals surface area contributed by atoms with Crippen molar-refractivity contribution in [3.8, 4) is 6.07 Å². The monoisotopic (exact) mass is 209 g/mol. The van der Waals surface area contributed by atoms with Gasteiger partial charge in [-0.15, -0.1) is 0 Å². The van der Waals surface area contributed by atoms with Crippen molar-refractivity contribution in [2.45, 2.75) is 33.2 Å². The molecular formula is C12H23N3. The van der Waals surface area contributed by atoms with Crippen LogP contribution in [0.5, 0.6) is 0 Å². The highest BCUT2D eigenvalue weighted by molar-refractivity contribution is 4.90. The Kier molecular flexibility index (Phi) is 5.07. The second-order valence-electron chi connectivity index (χ2n) is 4.51. The van der Waals surface area contributed by atoms with Gasteiger partial charge >= 0.3 is 0 Å². The molecule has 1 fully saturated rings. The molecule has 15 heavy (non-hydrogen) atoms. The van der Waals surface area contributed by atoms with E-state index in [0.717, 1.165) is 32.1 Å². The molecule has 3 atom stereocenters. The maximum absolute atomic E-state index is 8.85. The molecule has 1 aliphatic heterocycles. The zero-order valence-electron chi connectivity index (χ0n) is 10.2. The average molecular weight is 209 g/mol. The number of nitrogens with zero attached hydrogens (tertiary/aromatic N) is 2. The van der Waals surface area contributed by atoms with Gasteiger partial charge in [0.2, 0.25) is 0 Å². The van der Waals surface area contributed by atoms with E-state index in [-0.39, 0.29) is 5.92 Å². The molecule has 0 aromatic rings. The van der Waals surface area contributed by atoms with Crippen LogP contribution in [0.2, 0.25) is 0 Å². The summed E-state index contributed by atoms with van der Waals surface area (Å²) in [7, 11) is 0. The quantitative estimate of drug-likeness (QED) is 0.745. The molecule has 0 bridgehead atoms. The minimum Gasteiger partial charge on any atom is -0.315 e. The molecular weight excluding hydrogens is 186 g/mol. The number of rotatable bonds is 5. The fraction of sp³-hybridized carbons (Fsp3) is 0.917. The van der Waals surface area contributed by atoms with Gasteiger partial charge in [-0.25, -0.2) is 0 Å². The highest BCUT2D eigenvalue weighted by Crippen LogP contribution is 2.19. The molecule has 86 valence electrons. The lowest BCUT2D eigenvalue weighted by atomic mass is 9.98. The van der Waals surface area contributed by atoms with E-state index in [2.05, 4.69) is 30.1 Å². The predicted octanol–water partition coefficient (Wildman–Crippen LogP) is 1.47. The van der Waals surface area contributed by atoms with Crippen molar-refractivity contribution in [1.29, 1.82) is 5.26 Å². The molecule has 0 aromatic carbocycles. The van der Waals surface area contributed by atoms with Crippen molar-refractivity contribution >= 4 is 0 Å². The van der Waals surface area contributed by atoms with E-state index < -0.39 is 0 Å². The van der Waals surface area contributed by atoms with Gasteiger partial charge in [0, 0.05) is 19.1 Å². The van der Waals surface area contributed by atoms with Crippen LogP contribution >= 0.6 is 0 Å². The molecule has 0 radical (unpaired) electrons. The molecule has 1 saturated heterocycles. The van der Waals surface area contributed by atoms with Crippen LogP contribution < -0.4 is 5.32 Å². The summed E-state index contributed by atoms with van der Waals surface area (Å²) in [5.74, 6) is 0.902. The average Bonchev–Trinajstić information content (AvgIpc) is 2.73. The Labute approximate surface area is 93.5 Å². The zero-order valence-corrected chi connectivity index (χ0v) is 10.2. The van der Waals surface area contributed by atoms with Gasteiger partial charge < -0.3 is 5.32 Å². The van der Waals surface area contributed by atoms with E-state index in [1.165, 1.54) is 6.42 Å². The molecule has 1 N–H and O–H groups in total. The van der Waals surface area contributed by atoms with Crippen LogP contribution in [0.1, 0.15) is 27.2 Å². The van der Waals surface area contributed by atoms with E-state index in [0.29, 0.717) is 6.04 Å². The Morgan fingerprint density at radius 3 is 2.73 bits per heavy atom. The third-order valence-electron chi connectivity index (χ3n) is 3.43. The first-order valence-corrected chi connectivity index (χ1v) is 6.07. The van der Waals surface area contributed by atoms with Crippen LogP contribution in [0.25, 0.3) is 0 Å². The molecule has 1 heterocycles. The minimum absolute atomic E-state index is 0.142. The normalized spacial score (nSPS) is 27.9. The van der Waals surface area contributed by atoms with E-state index in [4.69, 9.17) is 5.26 Å². The molecule has 1 rings (SSSR count). The molecule has 3 nitrogen and oxygen atoms in total. The molecule has 0 saturated carbocycles. The summed E-state index contributed by atoms with van der Waals surface area (Å²) in [6, 6.07) is 2.96. The van der Waals surface area contributed by atoms with Crippen molar-refractivity contribution < 1.29 is 0 Å². The Bertz CT molecular complexity index is 221. The summed E-state index contributed by atoms with van der Waals surface area (Å²) in [4.78, 5) is 2.46. The molecule has 3 unspecified atom stereocenters. The maximum Gasteiger partial charge on any atom is 0.0666 e. The first-order chi connectivity index (χ1) is 7.22. The minimum atomic E-state index is 0.142. The van der Waals surface area contributed by atoms with Gasteiger partial charge in [-0.1, -0.05) is 20.3 Å². The van der Waals surface area contributed by atoms with Crippen molar-refractivity contribution in [3.63, 3.8) is 0 Å². The van der Waals surface area contributed by atoms with Crippen molar-refractivity contribution in [2.75, 3.05) is 26.2 Å². The SMILES string of the molecule is CCC1CNCC1N(CC)CC(C)C#N.